The summed E-state index contributed by atoms with van der Waals surface area (Å²) in [5.74, 6) is -0.225. The van der Waals surface area contributed by atoms with Crippen LogP contribution in [-0.4, -0.2) is 17.2 Å². The SMILES string of the molecule is O=[N+]([O-])c1ccc([O-])c(C=NC2CCCC2)c1. The molecule has 0 saturated heterocycles. The molecule has 2 rings (SSSR count). The normalized spacial score (nSPS) is 16.7. The Morgan fingerprint density at radius 3 is 2.71 bits per heavy atom. The number of rotatable bonds is 3. The smallest absolute Gasteiger partial charge is 0.270 e. The van der Waals surface area contributed by atoms with Crippen molar-refractivity contribution in [2.75, 3.05) is 0 Å². The van der Waals surface area contributed by atoms with E-state index < -0.39 is 4.92 Å². The molecule has 0 radical (unpaired) electrons. The van der Waals surface area contributed by atoms with Crippen molar-refractivity contribution < 1.29 is 10.0 Å². The predicted octanol–water partition coefficient (Wildman–Crippen LogP) is 2.03. The molecule has 17 heavy (non-hydrogen) atoms. The van der Waals surface area contributed by atoms with E-state index in [4.69, 9.17) is 0 Å². The molecule has 0 aromatic heterocycles. The van der Waals surface area contributed by atoms with Crippen molar-refractivity contribution in [3.8, 4) is 5.75 Å². The lowest BCUT2D eigenvalue weighted by molar-refractivity contribution is -0.385. The fourth-order valence-corrected chi connectivity index (χ4v) is 1.99. The standard InChI is InChI=1S/C12H14N2O3/c15-12-6-5-11(14(16)17)7-9(12)8-13-10-3-1-2-4-10/h5-8,10,15H,1-4H2/p-1. The third kappa shape index (κ3) is 2.81. The maximum absolute atomic E-state index is 11.5. The molecule has 1 fully saturated rings. The molecule has 0 amide bonds. The minimum Gasteiger partial charge on any atom is -0.872 e. The molecule has 5 nitrogen and oxygen atoms in total. The highest BCUT2D eigenvalue weighted by Crippen LogP contribution is 2.23. The highest BCUT2D eigenvalue weighted by atomic mass is 16.6. The molecule has 0 unspecified atom stereocenters. The molecule has 1 saturated carbocycles. The van der Waals surface area contributed by atoms with Crippen molar-refractivity contribution in [3.05, 3.63) is 33.9 Å². The minimum absolute atomic E-state index is 0.0718. The maximum atomic E-state index is 11.5. The number of benzene rings is 1. The van der Waals surface area contributed by atoms with Gasteiger partial charge in [0.25, 0.3) is 5.69 Å². The number of nitrogens with zero attached hydrogens (tertiary/aromatic N) is 2. The summed E-state index contributed by atoms with van der Waals surface area (Å²) in [5, 5.41) is 22.1. The summed E-state index contributed by atoms with van der Waals surface area (Å²) < 4.78 is 0. The Bertz CT molecular complexity index is 451. The second-order valence-corrected chi connectivity index (χ2v) is 4.20. The molecule has 0 bridgehead atoms. The van der Waals surface area contributed by atoms with Crippen molar-refractivity contribution >= 4 is 11.9 Å². The summed E-state index contributed by atoms with van der Waals surface area (Å²) in [7, 11) is 0. The molecule has 1 aromatic rings. The van der Waals surface area contributed by atoms with Crippen LogP contribution in [0.5, 0.6) is 5.75 Å². The molecule has 1 aromatic carbocycles. The fraction of sp³-hybridized carbons (Fsp3) is 0.417. The third-order valence-electron chi connectivity index (χ3n) is 2.95. The second-order valence-electron chi connectivity index (χ2n) is 4.20. The third-order valence-corrected chi connectivity index (χ3v) is 2.95. The second kappa shape index (κ2) is 4.95. The van der Waals surface area contributed by atoms with E-state index in [2.05, 4.69) is 4.99 Å². The van der Waals surface area contributed by atoms with Gasteiger partial charge in [-0.25, -0.2) is 0 Å². The summed E-state index contributed by atoms with van der Waals surface area (Å²) in [6.45, 7) is 0. The van der Waals surface area contributed by atoms with Crippen LogP contribution in [0.15, 0.2) is 23.2 Å². The lowest BCUT2D eigenvalue weighted by Crippen LogP contribution is -2.01. The van der Waals surface area contributed by atoms with E-state index >= 15 is 0 Å². The molecule has 1 aliphatic carbocycles. The van der Waals surface area contributed by atoms with Gasteiger partial charge in [-0.2, -0.15) is 0 Å². The zero-order valence-corrected chi connectivity index (χ0v) is 9.33. The van der Waals surface area contributed by atoms with Gasteiger partial charge in [0.2, 0.25) is 0 Å². The van der Waals surface area contributed by atoms with Crippen LogP contribution in [0.3, 0.4) is 0 Å². The number of aliphatic imine (C=N–C) groups is 1. The van der Waals surface area contributed by atoms with Gasteiger partial charge in [0, 0.05) is 24.4 Å². The van der Waals surface area contributed by atoms with Gasteiger partial charge in [-0.15, -0.1) is 0 Å². The molecule has 0 aliphatic heterocycles. The number of nitro groups is 1. The van der Waals surface area contributed by atoms with Crippen LogP contribution in [0.1, 0.15) is 31.2 Å². The van der Waals surface area contributed by atoms with E-state index in [1.54, 1.807) is 0 Å². The zero-order valence-electron chi connectivity index (χ0n) is 9.33. The summed E-state index contributed by atoms with van der Waals surface area (Å²) in [6, 6.07) is 3.98. The average molecular weight is 233 g/mol. The van der Waals surface area contributed by atoms with Crippen LogP contribution in [-0.2, 0) is 0 Å². The Morgan fingerprint density at radius 1 is 1.35 bits per heavy atom. The topological polar surface area (TPSA) is 78.6 Å². The molecule has 90 valence electrons. The molecular weight excluding hydrogens is 220 g/mol. The minimum atomic E-state index is -0.508. The van der Waals surface area contributed by atoms with Crippen molar-refractivity contribution in [3.63, 3.8) is 0 Å². The van der Waals surface area contributed by atoms with E-state index in [9.17, 15) is 15.2 Å². The fourth-order valence-electron chi connectivity index (χ4n) is 1.99. The lowest BCUT2D eigenvalue weighted by Gasteiger charge is -2.09. The molecule has 5 heteroatoms. The maximum Gasteiger partial charge on any atom is 0.270 e. The Labute approximate surface area is 99.0 Å². The van der Waals surface area contributed by atoms with E-state index in [1.165, 1.54) is 37.3 Å². The number of non-ortho nitro benzene ring substituents is 1. The lowest BCUT2D eigenvalue weighted by atomic mass is 10.2. The highest BCUT2D eigenvalue weighted by molar-refractivity contribution is 5.84. The number of hydrogen-bond acceptors (Lipinski definition) is 4. The van der Waals surface area contributed by atoms with Crippen LogP contribution in [0.2, 0.25) is 0 Å². The van der Waals surface area contributed by atoms with Crippen molar-refractivity contribution in [1.82, 2.24) is 0 Å². The number of hydrogen-bond donors (Lipinski definition) is 0. The van der Waals surface area contributed by atoms with Gasteiger partial charge >= 0.3 is 0 Å². The van der Waals surface area contributed by atoms with Crippen molar-refractivity contribution in [1.29, 1.82) is 0 Å². The first-order valence-electron chi connectivity index (χ1n) is 5.65. The Hall–Kier alpha value is -1.91. The summed E-state index contributed by atoms with van der Waals surface area (Å²) in [6.07, 6.45) is 5.90. The molecule has 0 N–H and O–H groups in total. The Kier molecular flexibility index (Phi) is 3.37. The van der Waals surface area contributed by atoms with Crippen LogP contribution < -0.4 is 5.11 Å². The number of nitro benzene ring substituents is 1. The van der Waals surface area contributed by atoms with Gasteiger partial charge in [-0.3, -0.25) is 15.1 Å². The Morgan fingerprint density at radius 2 is 2.06 bits per heavy atom. The van der Waals surface area contributed by atoms with Gasteiger partial charge < -0.3 is 5.11 Å². The van der Waals surface area contributed by atoms with Crippen molar-refractivity contribution in [2.45, 2.75) is 31.7 Å². The molecule has 0 heterocycles. The van der Waals surface area contributed by atoms with E-state index in [0.29, 0.717) is 5.56 Å². The molecule has 0 spiro atoms. The monoisotopic (exact) mass is 233 g/mol. The highest BCUT2D eigenvalue weighted by Gasteiger charge is 2.12. The van der Waals surface area contributed by atoms with Gasteiger partial charge in [0.1, 0.15) is 0 Å². The first-order valence-corrected chi connectivity index (χ1v) is 5.65. The molecule has 0 atom stereocenters. The summed E-state index contributed by atoms with van der Waals surface area (Å²) in [5.41, 5.74) is 0.226. The quantitative estimate of drug-likeness (QED) is 0.455. The van der Waals surface area contributed by atoms with Gasteiger partial charge in [0.05, 0.1) is 4.92 Å². The zero-order chi connectivity index (χ0) is 12.3. The predicted molar refractivity (Wildman–Crippen MR) is 62.4 cm³/mol. The van der Waals surface area contributed by atoms with E-state index in [0.717, 1.165) is 12.8 Å². The van der Waals surface area contributed by atoms with Gasteiger partial charge in [-0.1, -0.05) is 24.7 Å². The molecule has 1 aliphatic rings. The largest absolute Gasteiger partial charge is 0.872 e. The van der Waals surface area contributed by atoms with Gasteiger partial charge in [-0.05, 0) is 18.4 Å². The van der Waals surface area contributed by atoms with Gasteiger partial charge in [0.15, 0.2) is 0 Å². The Balaban J connectivity index is 2.18. The molecular formula is C12H13N2O3-. The van der Waals surface area contributed by atoms with Crippen LogP contribution in [0.25, 0.3) is 0 Å². The van der Waals surface area contributed by atoms with Crippen LogP contribution in [0.4, 0.5) is 5.69 Å². The summed E-state index contributed by atoms with van der Waals surface area (Å²) >= 11 is 0. The van der Waals surface area contributed by atoms with Crippen LogP contribution >= 0.6 is 0 Å². The first kappa shape index (κ1) is 11.6. The summed E-state index contributed by atoms with van der Waals surface area (Å²) in [4.78, 5) is 14.4. The average Bonchev–Trinajstić information content (AvgIpc) is 2.80. The first-order chi connectivity index (χ1) is 8.16. The van der Waals surface area contributed by atoms with E-state index in [1.807, 2.05) is 0 Å². The van der Waals surface area contributed by atoms with Crippen molar-refractivity contribution in [2.24, 2.45) is 4.99 Å². The van der Waals surface area contributed by atoms with E-state index in [-0.39, 0.29) is 17.5 Å². The van der Waals surface area contributed by atoms with Crippen LogP contribution in [0, 0.1) is 10.1 Å².